The van der Waals surface area contributed by atoms with Crippen molar-refractivity contribution in [3.05, 3.63) is 64.1 Å². The van der Waals surface area contributed by atoms with E-state index in [1.54, 1.807) is 49.4 Å². The molecule has 0 bridgehead atoms. The van der Waals surface area contributed by atoms with Gasteiger partial charge in [0.15, 0.2) is 12.3 Å². The van der Waals surface area contributed by atoms with Crippen LogP contribution in [-0.2, 0) is 11.8 Å². The Hall–Kier alpha value is -4.01. The molecule has 0 saturated heterocycles. The van der Waals surface area contributed by atoms with E-state index in [4.69, 9.17) is 4.74 Å². The molecule has 1 aliphatic heterocycles. The number of amides is 2. The molecule has 0 fully saturated rings. The van der Waals surface area contributed by atoms with Gasteiger partial charge in [-0.2, -0.15) is 10.2 Å². The molecule has 2 amide bonds. The molecular weight excluding hydrogens is 374 g/mol. The largest absolute Gasteiger partial charge is 0.482 e. The number of hydrazone groups is 1. The lowest BCUT2D eigenvalue weighted by molar-refractivity contribution is -0.118. The number of ether oxygens (including phenoxy) is 1. The first kappa shape index (κ1) is 18.4. The summed E-state index contributed by atoms with van der Waals surface area (Å²) in [7, 11) is 1.49. The zero-order valence-corrected chi connectivity index (χ0v) is 15.7. The Balaban J connectivity index is 1.61. The number of carbonyl (C=O) groups excluding carboxylic acids is 2. The number of aryl methyl sites for hydroxylation is 1. The smallest absolute Gasteiger partial charge is 0.292 e. The molecule has 1 aliphatic rings. The SMILES string of the molecule is C/C(=N/NC(=O)c1nn(C)c(=O)c2ccccc12)c1ccc2c(c1)NC(=O)CO2. The maximum Gasteiger partial charge on any atom is 0.292 e. The normalized spacial score (nSPS) is 13.4. The number of aromatic nitrogens is 2. The summed E-state index contributed by atoms with van der Waals surface area (Å²) in [6, 6.07) is 12.0. The third-order valence-electron chi connectivity index (χ3n) is 4.53. The minimum Gasteiger partial charge on any atom is -0.482 e. The molecule has 0 saturated carbocycles. The fourth-order valence-electron chi connectivity index (χ4n) is 3.03. The van der Waals surface area contributed by atoms with Crippen LogP contribution in [0.2, 0.25) is 0 Å². The fourth-order valence-corrected chi connectivity index (χ4v) is 3.03. The predicted octanol–water partition coefficient (Wildman–Crippen LogP) is 1.42. The average Bonchev–Trinajstić information content (AvgIpc) is 2.73. The summed E-state index contributed by atoms with van der Waals surface area (Å²) in [5.74, 6) is -0.193. The van der Waals surface area contributed by atoms with Gasteiger partial charge < -0.3 is 10.1 Å². The number of benzene rings is 2. The zero-order valence-electron chi connectivity index (χ0n) is 15.7. The van der Waals surface area contributed by atoms with E-state index < -0.39 is 5.91 Å². The molecule has 29 heavy (non-hydrogen) atoms. The molecule has 9 nitrogen and oxygen atoms in total. The maximum absolute atomic E-state index is 12.7. The van der Waals surface area contributed by atoms with Crippen LogP contribution in [0.4, 0.5) is 5.69 Å². The van der Waals surface area contributed by atoms with E-state index in [0.717, 1.165) is 4.68 Å². The Morgan fingerprint density at radius 1 is 1.21 bits per heavy atom. The van der Waals surface area contributed by atoms with Crippen molar-refractivity contribution in [3.8, 4) is 5.75 Å². The van der Waals surface area contributed by atoms with Gasteiger partial charge >= 0.3 is 0 Å². The standard InChI is InChI=1S/C20H17N5O4/c1-11(12-7-8-16-15(9-12)21-17(26)10-29-16)22-23-19(27)18-13-5-3-4-6-14(13)20(28)25(2)24-18/h3-9H,10H2,1-2H3,(H,21,26)(H,23,27)/b22-11-. The minimum absolute atomic E-state index is 0.0178. The Kier molecular flexibility index (Phi) is 4.55. The van der Waals surface area contributed by atoms with Gasteiger partial charge in [-0.25, -0.2) is 10.1 Å². The van der Waals surface area contributed by atoms with Gasteiger partial charge in [0, 0.05) is 12.4 Å². The predicted molar refractivity (Wildman–Crippen MR) is 107 cm³/mol. The van der Waals surface area contributed by atoms with E-state index in [1.165, 1.54) is 7.05 Å². The van der Waals surface area contributed by atoms with Crippen LogP contribution in [-0.4, -0.2) is 33.9 Å². The molecule has 1 aromatic heterocycles. The molecule has 0 aliphatic carbocycles. The van der Waals surface area contributed by atoms with E-state index in [9.17, 15) is 14.4 Å². The first-order valence-electron chi connectivity index (χ1n) is 8.82. The number of nitrogens with zero attached hydrogens (tertiary/aromatic N) is 3. The third-order valence-corrected chi connectivity index (χ3v) is 4.53. The van der Waals surface area contributed by atoms with Crippen molar-refractivity contribution in [2.24, 2.45) is 12.1 Å². The molecule has 2 heterocycles. The molecule has 2 N–H and O–H groups in total. The Bertz CT molecular complexity index is 1250. The molecule has 0 spiro atoms. The molecule has 3 aromatic rings. The van der Waals surface area contributed by atoms with Gasteiger partial charge in [0.1, 0.15) is 5.75 Å². The third kappa shape index (κ3) is 3.45. The van der Waals surface area contributed by atoms with Gasteiger partial charge in [0.05, 0.1) is 16.8 Å². The number of hydrogen-bond acceptors (Lipinski definition) is 6. The van der Waals surface area contributed by atoms with Gasteiger partial charge in [-0.15, -0.1) is 0 Å². The van der Waals surface area contributed by atoms with Crippen molar-refractivity contribution in [3.63, 3.8) is 0 Å². The highest BCUT2D eigenvalue weighted by Crippen LogP contribution is 2.28. The zero-order chi connectivity index (χ0) is 20.5. The second kappa shape index (κ2) is 7.19. The molecule has 0 unspecified atom stereocenters. The number of nitrogens with one attached hydrogen (secondary N) is 2. The lowest BCUT2D eigenvalue weighted by atomic mass is 10.1. The highest BCUT2D eigenvalue weighted by molar-refractivity contribution is 6.06. The van der Waals surface area contributed by atoms with Crippen molar-refractivity contribution in [1.82, 2.24) is 15.2 Å². The summed E-state index contributed by atoms with van der Waals surface area (Å²) in [5, 5.41) is 11.8. The summed E-state index contributed by atoms with van der Waals surface area (Å²) in [4.78, 5) is 36.3. The molecule has 0 atom stereocenters. The lowest BCUT2D eigenvalue weighted by Gasteiger charge is -2.18. The van der Waals surface area contributed by atoms with Crippen molar-refractivity contribution in [2.75, 3.05) is 11.9 Å². The summed E-state index contributed by atoms with van der Waals surface area (Å²) in [6.45, 7) is 1.70. The van der Waals surface area contributed by atoms with Crippen LogP contribution in [0, 0.1) is 0 Å². The Labute approximate surface area is 165 Å². The van der Waals surface area contributed by atoms with E-state index in [0.29, 0.717) is 33.5 Å². The first-order valence-corrected chi connectivity index (χ1v) is 8.82. The highest BCUT2D eigenvalue weighted by Gasteiger charge is 2.17. The van der Waals surface area contributed by atoms with Crippen LogP contribution in [0.5, 0.6) is 5.75 Å². The quantitative estimate of drug-likeness (QED) is 0.518. The van der Waals surface area contributed by atoms with Gasteiger partial charge in [0.25, 0.3) is 17.4 Å². The van der Waals surface area contributed by atoms with Crippen molar-refractivity contribution in [2.45, 2.75) is 6.92 Å². The number of rotatable bonds is 3. The number of anilines is 1. The summed E-state index contributed by atoms with van der Waals surface area (Å²) in [5.41, 5.74) is 4.07. The summed E-state index contributed by atoms with van der Waals surface area (Å²) >= 11 is 0. The van der Waals surface area contributed by atoms with Crippen LogP contribution in [0.3, 0.4) is 0 Å². The summed E-state index contributed by atoms with van der Waals surface area (Å²) < 4.78 is 6.46. The number of hydrogen-bond donors (Lipinski definition) is 2. The monoisotopic (exact) mass is 391 g/mol. The second-order valence-corrected chi connectivity index (χ2v) is 6.51. The van der Waals surface area contributed by atoms with Crippen LogP contribution in [0.15, 0.2) is 52.4 Å². The van der Waals surface area contributed by atoms with E-state index in [1.807, 2.05) is 0 Å². The van der Waals surface area contributed by atoms with Crippen LogP contribution >= 0.6 is 0 Å². The van der Waals surface area contributed by atoms with Gasteiger partial charge in [-0.1, -0.05) is 18.2 Å². The molecule has 0 radical (unpaired) electrons. The molecule has 2 aromatic carbocycles. The maximum atomic E-state index is 12.7. The van der Waals surface area contributed by atoms with Crippen molar-refractivity contribution in [1.29, 1.82) is 0 Å². The number of fused-ring (bicyclic) bond motifs is 2. The minimum atomic E-state index is -0.536. The van der Waals surface area contributed by atoms with Crippen molar-refractivity contribution >= 4 is 34.0 Å². The summed E-state index contributed by atoms with van der Waals surface area (Å²) in [6.07, 6.45) is 0. The second-order valence-electron chi connectivity index (χ2n) is 6.51. The highest BCUT2D eigenvalue weighted by atomic mass is 16.5. The molecular formula is C20H17N5O4. The fraction of sp³-hybridized carbons (Fsp3) is 0.150. The lowest BCUT2D eigenvalue weighted by Crippen LogP contribution is -2.27. The van der Waals surface area contributed by atoms with Gasteiger partial charge in [-0.3, -0.25) is 14.4 Å². The Morgan fingerprint density at radius 2 is 1.97 bits per heavy atom. The first-order chi connectivity index (χ1) is 13.9. The molecule has 146 valence electrons. The average molecular weight is 391 g/mol. The van der Waals surface area contributed by atoms with Gasteiger partial charge in [0.2, 0.25) is 0 Å². The van der Waals surface area contributed by atoms with Crippen LogP contribution in [0.1, 0.15) is 23.0 Å². The van der Waals surface area contributed by atoms with E-state index in [-0.39, 0.29) is 23.8 Å². The van der Waals surface area contributed by atoms with Crippen molar-refractivity contribution < 1.29 is 14.3 Å². The van der Waals surface area contributed by atoms with E-state index >= 15 is 0 Å². The van der Waals surface area contributed by atoms with Crippen LogP contribution < -0.4 is 21.0 Å². The van der Waals surface area contributed by atoms with E-state index in [2.05, 4.69) is 20.9 Å². The Morgan fingerprint density at radius 3 is 2.76 bits per heavy atom. The molecule has 9 heteroatoms. The van der Waals surface area contributed by atoms with Crippen LogP contribution in [0.25, 0.3) is 10.8 Å². The molecule has 4 rings (SSSR count). The van der Waals surface area contributed by atoms with Gasteiger partial charge in [-0.05, 0) is 36.8 Å². The topological polar surface area (TPSA) is 115 Å². The number of carbonyl (C=O) groups is 2.